The Morgan fingerprint density at radius 1 is 1.21 bits per heavy atom. The number of rotatable bonds is 3. The monoisotopic (exact) mass is 279 g/mol. The summed E-state index contributed by atoms with van der Waals surface area (Å²) in [6, 6.07) is 3.89. The maximum Gasteiger partial charge on any atom is 0.171 e. The second kappa shape index (κ2) is 5.58. The van der Waals surface area contributed by atoms with Crippen LogP contribution >= 0.6 is 12.3 Å². The molecule has 0 spiro atoms. The van der Waals surface area contributed by atoms with E-state index in [-0.39, 0.29) is 12.3 Å². The Hall–Kier alpha value is -1.60. The normalized spacial score (nSPS) is 15.7. The van der Waals surface area contributed by atoms with E-state index in [1.54, 1.807) is 12.4 Å². The maximum atomic E-state index is 12.7. The Bertz CT molecular complexity index is 535. The van der Waals surface area contributed by atoms with E-state index in [0.29, 0.717) is 11.5 Å². The molecule has 0 radical (unpaired) electrons. The van der Waals surface area contributed by atoms with E-state index in [2.05, 4.69) is 20.2 Å². The van der Waals surface area contributed by atoms with Crippen LogP contribution in [0.3, 0.4) is 0 Å². The average molecular weight is 279 g/mol. The van der Waals surface area contributed by atoms with Crippen molar-refractivity contribution in [2.24, 2.45) is 0 Å². The van der Waals surface area contributed by atoms with Gasteiger partial charge in [0.1, 0.15) is 5.69 Å². The van der Waals surface area contributed by atoms with Gasteiger partial charge in [0, 0.05) is 38.6 Å². The second-order valence-electron chi connectivity index (χ2n) is 4.28. The lowest BCUT2D eigenvalue weighted by Gasteiger charge is -2.29. The minimum Gasteiger partial charge on any atom is -0.368 e. The molecule has 1 fully saturated rings. The molecule has 0 aliphatic carbocycles. The van der Waals surface area contributed by atoms with Gasteiger partial charge in [0.15, 0.2) is 18.2 Å². The maximum absolute atomic E-state index is 12.7. The number of hydrogen-bond acceptors (Lipinski definition) is 5. The molecule has 19 heavy (non-hydrogen) atoms. The molecular weight excluding hydrogens is 265 g/mol. The first kappa shape index (κ1) is 12.4. The van der Waals surface area contributed by atoms with Crippen molar-refractivity contribution in [2.75, 3.05) is 31.1 Å². The molecule has 100 valence electrons. The zero-order valence-corrected chi connectivity index (χ0v) is 11.1. The van der Waals surface area contributed by atoms with Crippen LogP contribution in [0.25, 0.3) is 11.5 Å². The molecule has 1 aliphatic heterocycles. The number of anilines is 1. The quantitative estimate of drug-likeness (QED) is 0.927. The minimum absolute atomic E-state index is 0.125. The van der Waals surface area contributed by atoms with Crippen LogP contribution in [0.1, 0.15) is 0 Å². The molecule has 7 heteroatoms. The fraction of sp³-hybridized carbons (Fsp3) is 0.333. The van der Waals surface area contributed by atoms with E-state index in [1.165, 1.54) is 3.97 Å². The summed E-state index contributed by atoms with van der Waals surface area (Å²) in [5.41, 5.74) is 1.77. The molecule has 0 unspecified atom stereocenters. The smallest absolute Gasteiger partial charge is 0.171 e. The van der Waals surface area contributed by atoms with Crippen molar-refractivity contribution in [2.45, 2.75) is 0 Å². The van der Waals surface area contributed by atoms with Gasteiger partial charge in [0.25, 0.3) is 0 Å². The number of hydrogen-bond donors (Lipinski definition) is 1. The van der Waals surface area contributed by atoms with E-state index in [0.717, 1.165) is 31.9 Å². The highest BCUT2D eigenvalue weighted by atomic mass is 32.2. The van der Waals surface area contributed by atoms with Gasteiger partial charge in [0.2, 0.25) is 0 Å². The molecule has 1 N–H and O–H groups in total. The van der Waals surface area contributed by atoms with Gasteiger partial charge < -0.3 is 10.2 Å². The zero-order valence-electron chi connectivity index (χ0n) is 10.3. The van der Waals surface area contributed by atoms with Crippen LogP contribution in [0.15, 0.2) is 30.7 Å². The fourth-order valence-corrected chi connectivity index (χ4v) is 2.46. The number of halogens is 1. The van der Waals surface area contributed by atoms with Gasteiger partial charge in [-0.25, -0.2) is 8.96 Å². The summed E-state index contributed by atoms with van der Waals surface area (Å²) in [6.45, 7) is 3.95. The van der Waals surface area contributed by atoms with Crippen LogP contribution in [0.5, 0.6) is 0 Å². The van der Waals surface area contributed by atoms with E-state index < -0.39 is 0 Å². The van der Waals surface area contributed by atoms with Crippen LogP contribution in [0.2, 0.25) is 0 Å². The van der Waals surface area contributed by atoms with Crippen LogP contribution in [0, 0.1) is 0 Å². The molecule has 2 aromatic heterocycles. The first-order valence-electron chi connectivity index (χ1n) is 6.13. The topological polar surface area (TPSA) is 46.0 Å². The molecule has 5 nitrogen and oxygen atoms in total. The van der Waals surface area contributed by atoms with Crippen molar-refractivity contribution in [3.63, 3.8) is 0 Å². The number of piperazine rings is 1. The lowest BCUT2D eigenvalue weighted by atomic mass is 10.2. The number of pyridine rings is 1. The van der Waals surface area contributed by atoms with E-state index >= 15 is 0 Å². The number of imidazole rings is 1. The zero-order chi connectivity index (χ0) is 13.1. The first-order chi connectivity index (χ1) is 9.38. The lowest BCUT2D eigenvalue weighted by Crippen LogP contribution is -2.43. The number of aromatic nitrogens is 3. The van der Waals surface area contributed by atoms with Gasteiger partial charge in [-0.3, -0.25) is 4.98 Å². The largest absolute Gasteiger partial charge is 0.368 e. The average Bonchev–Trinajstić information content (AvgIpc) is 2.97. The molecule has 2 aromatic rings. The van der Waals surface area contributed by atoms with Crippen molar-refractivity contribution < 1.29 is 3.89 Å². The second-order valence-corrected chi connectivity index (χ2v) is 4.82. The molecule has 0 aromatic carbocycles. The summed E-state index contributed by atoms with van der Waals surface area (Å²) < 4.78 is 14.0. The predicted octanol–water partition coefficient (Wildman–Crippen LogP) is 1.74. The minimum atomic E-state index is 0.125. The molecule has 1 aliphatic rings. The summed E-state index contributed by atoms with van der Waals surface area (Å²) in [6.07, 6.45) is 4.96. The molecule has 0 bridgehead atoms. The van der Waals surface area contributed by atoms with Crippen LogP contribution in [-0.4, -0.2) is 40.1 Å². The standard InChI is InChI=1S/C12H14FN5S/c13-19-18-8-5-15-12(18)11-2-1-10(9-16-11)17-6-3-14-4-7-17/h1-2,5,8-9,14H,3-4,6-7H2. The summed E-state index contributed by atoms with van der Waals surface area (Å²) in [4.78, 5) is 10.8. The Kier molecular flexibility index (Phi) is 3.65. The first-order valence-corrected chi connectivity index (χ1v) is 6.80. The molecule has 0 amide bonds. The Labute approximate surface area is 115 Å². The molecule has 1 saturated heterocycles. The Morgan fingerprint density at radius 3 is 2.74 bits per heavy atom. The van der Waals surface area contributed by atoms with Crippen molar-refractivity contribution in [3.05, 3.63) is 30.7 Å². The lowest BCUT2D eigenvalue weighted by molar-refractivity contribution is 0.589. The third-order valence-corrected chi connectivity index (χ3v) is 3.58. The molecule has 3 heterocycles. The highest BCUT2D eigenvalue weighted by Gasteiger charge is 2.12. The van der Waals surface area contributed by atoms with Crippen molar-refractivity contribution in [1.29, 1.82) is 0 Å². The predicted molar refractivity (Wildman–Crippen MR) is 74.6 cm³/mol. The summed E-state index contributed by atoms with van der Waals surface area (Å²) in [5, 5.41) is 3.31. The van der Waals surface area contributed by atoms with Crippen molar-refractivity contribution >= 4 is 18.0 Å². The molecule has 3 rings (SSSR count). The highest BCUT2D eigenvalue weighted by Crippen LogP contribution is 2.22. The van der Waals surface area contributed by atoms with Gasteiger partial charge in [0.05, 0.1) is 11.9 Å². The Balaban J connectivity index is 1.82. The van der Waals surface area contributed by atoms with E-state index in [1.807, 2.05) is 18.3 Å². The third-order valence-electron chi connectivity index (χ3n) is 3.14. The SMILES string of the molecule is FSn1ccnc1-c1ccc(N2CCNCC2)cn1. The van der Waals surface area contributed by atoms with Gasteiger partial charge >= 0.3 is 0 Å². The van der Waals surface area contributed by atoms with Crippen molar-refractivity contribution in [3.8, 4) is 11.5 Å². The number of nitrogens with one attached hydrogen (secondary N) is 1. The number of nitrogens with zero attached hydrogens (tertiary/aromatic N) is 4. The van der Waals surface area contributed by atoms with Crippen molar-refractivity contribution in [1.82, 2.24) is 19.3 Å². The molecule has 0 saturated carbocycles. The van der Waals surface area contributed by atoms with E-state index in [4.69, 9.17) is 0 Å². The third kappa shape index (κ3) is 2.57. The van der Waals surface area contributed by atoms with Crippen LogP contribution in [0.4, 0.5) is 9.57 Å². The molecular formula is C12H14FN5S. The van der Waals surface area contributed by atoms with Gasteiger partial charge in [-0.1, -0.05) is 0 Å². The highest BCUT2D eigenvalue weighted by molar-refractivity contribution is 7.92. The summed E-state index contributed by atoms with van der Waals surface area (Å²) in [7, 11) is 0. The van der Waals surface area contributed by atoms with Crippen LogP contribution in [-0.2, 0) is 0 Å². The van der Waals surface area contributed by atoms with Crippen LogP contribution < -0.4 is 10.2 Å². The van der Waals surface area contributed by atoms with E-state index in [9.17, 15) is 3.89 Å². The fourth-order valence-electron chi connectivity index (χ4n) is 2.16. The summed E-state index contributed by atoms with van der Waals surface area (Å²) >= 11 is 0.125. The summed E-state index contributed by atoms with van der Waals surface area (Å²) in [5.74, 6) is 0.527. The Morgan fingerprint density at radius 2 is 2.05 bits per heavy atom. The van der Waals surface area contributed by atoms with Gasteiger partial charge in [-0.05, 0) is 12.1 Å². The molecule has 0 atom stereocenters. The van der Waals surface area contributed by atoms with Gasteiger partial charge in [-0.2, -0.15) is 0 Å². The van der Waals surface area contributed by atoms with Gasteiger partial charge in [-0.15, -0.1) is 3.89 Å².